The Labute approximate surface area is 114 Å². The lowest BCUT2D eigenvalue weighted by Crippen LogP contribution is -2.33. The standard InChI is InChI=1S/C14H16F4O2/c1-2-4-10-5-3-6-11(7-10)12(19)8-20-9-14(17,18)13(15)16/h3,5-7,13H,2,4,8-9H2,1H3. The van der Waals surface area contributed by atoms with Gasteiger partial charge in [0.05, 0.1) is 0 Å². The first-order chi connectivity index (χ1) is 9.36. The topological polar surface area (TPSA) is 26.3 Å². The molecule has 0 radical (unpaired) electrons. The molecule has 0 aliphatic rings. The number of ether oxygens (including phenoxy) is 1. The molecule has 6 heteroatoms. The van der Waals surface area contributed by atoms with Crippen LogP contribution in [0.5, 0.6) is 0 Å². The zero-order valence-corrected chi connectivity index (χ0v) is 11.0. The Morgan fingerprint density at radius 2 is 2.05 bits per heavy atom. The third kappa shape index (κ3) is 4.92. The molecule has 20 heavy (non-hydrogen) atoms. The van der Waals surface area contributed by atoms with Crippen LogP contribution in [0.1, 0.15) is 29.3 Å². The van der Waals surface area contributed by atoms with Crippen LogP contribution in [0.2, 0.25) is 0 Å². The average molecular weight is 292 g/mol. The zero-order valence-electron chi connectivity index (χ0n) is 11.0. The van der Waals surface area contributed by atoms with Gasteiger partial charge in [0, 0.05) is 5.56 Å². The van der Waals surface area contributed by atoms with Gasteiger partial charge in [-0.1, -0.05) is 31.5 Å². The van der Waals surface area contributed by atoms with Gasteiger partial charge in [0.2, 0.25) is 0 Å². The zero-order chi connectivity index (χ0) is 15.2. The summed E-state index contributed by atoms with van der Waals surface area (Å²) in [6.45, 7) is -0.118. The molecule has 0 unspecified atom stereocenters. The van der Waals surface area contributed by atoms with Crippen LogP contribution < -0.4 is 0 Å². The van der Waals surface area contributed by atoms with Gasteiger partial charge in [-0.15, -0.1) is 0 Å². The Kier molecular flexibility index (Phi) is 6.13. The summed E-state index contributed by atoms with van der Waals surface area (Å²) in [7, 11) is 0. The monoisotopic (exact) mass is 292 g/mol. The quantitative estimate of drug-likeness (QED) is 0.539. The number of ketones is 1. The molecule has 0 saturated heterocycles. The molecule has 0 aromatic heterocycles. The van der Waals surface area contributed by atoms with Crippen molar-refractivity contribution in [3.05, 3.63) is 35.4 Å². The van der Waals surface area contributed by atoms with E-state index in [1.807, 2.05) is 13.0 Å². The van der Waals surface area contributed by atoms with Crippen LogP contribution in [0, 0.1) is 0 Å². The molecule has 0 fully saturated rings. The summed E-state index contributed by atoms with van der Waals surface area (Å²) >= 11 is 0. The van der Waals surface area contributed by atoms with Gasteiger partial charge in [-0.05, 0) is 18.1 Å². The number of benzene rings is 1. The third-order valence-corrected chi connectivity index (χ3v) is 2.63. The van der Waals surface area contributed by atoms with Gasteiger partial charge >= 0.3 is 12.3 Å². The molecule has 1 aromatic rings. The van der Waals surface area contributed by atoms with Crippen molar-refractivity contribution in [1.29, 1.82) is 0 Å². The molecule has 112 valence electrons. The minimum absolute atomic E-state index is 0.330. The van der Waals surface area contributed by atoms with Crippen LogP contribution in [0.15, 0.2) is 24.3 Å². The molecule has 0 atom stereocenters. The lowest BCUT2D eigenvalue weighted by atomic mass is 10.0. The average Bonchev–Trinajstić information content (AvgIpc) is 2.39. The van der Waals surface area contributed by atoms with Crippen molar-refractivity contribution in [2.45, 2.75) is 32.1 Å². The lowest BCUT2D eigenvalue weighted by molar-refractivity contribution is -0.163. The van der Waals surface area contributed by atoms with Gasteiger partial charge in [0.25, 0.3) is 0 Å². The molecule has 0 bridgehead atoms. The minimum Gasteiger partial charge on any atom is -0.367 e. The molecule has 1 aromatic carbocycles. The number of rotatable bonds is 8. The van der Waals surface area contributed by atoms with Crippen LogP contribution in [-0.2, 0) is 11.2 Å². The first kappa shape index (κ1) is 16.6. The van der Waals surface area contributed by atoms with E-state index >= 15 is 0 Å². The highest BCUT2D eigenvalue weighted by Crippen LogP contribution is 2.22. The maximum absolute atomic E-state index is 12.6. The van der Waals surface area contributed by atoms with E-state index in [2.05, 4.69) is 4.74 Å². The molecule has 2 nitrogen and oxygen atoms in total. The molecule has 1 rings (SSSR count). The highest BCUT2D eigenvalue weighted by molar-refractivity contribution is 5.97. The van der Waals surface area contributed by atoms with Crippen molar-refractivity contribution < 1.29 is 27.1 Å². The Balaban J connectivity index is 2.53. The van der Waals surface area contributed by atoms with Crippen LogP contribution in [0.3, 0.4) is 0 Å². The van der Waals surface area contributed by atoms with E-state index in [9.17, 15) is 22.4 Å². The van der Waals surface area contributed by atoms with Crippen LogP contribution >= 0.6 is 0 Å². The van der Waals surface area contributed by atoms with Gasteiger partial charge in [0.15, 0.2) is 5.78 Å². The van der Waals surface area contributed by atoms with Crippen molar-refractivity contribution >= 4 is 5.78 Å². The smallest absolute Gasteiger partial charge is 0.330 e. The molecule has 0 N–H and O–H groups in total. The number of Topliss-reactive ketones (excluding diaryl/α,β-unsaturated/α-hetero) is 1. The molecule has 0 aliphatic heterocycles. The lowest BCUT2D eigenvalue weighted by Gasteiger charge is -2.14. The number of hydrogen-bond acceptors (Lipinski definition) is 2. The van der Waals surface area contributed by atoms with Crippen molar-refractivity contribution in [2.75, 3.05) is 13.2 Å². The van der Waals surface area contributed by atoms with Crippen LogP contribution in [0.4, 0.5) is 17.6 Å². The molecule has 0 amide bonds. The maximum atomic E-state index is 12.6. The van der Waals surface area contributed by atoms with E-state index in [0.29, 0.717) is 5.56 Å². The first-order valence-corrected chi connectivity index (χ1v) is 6.22. The Morgan fingerprint density at radius 1 is 1.35 bits per heavy atom. The molecular weight excluding hydrogens is 276 g/mol. The predicted molar refractivity (Wildman–Crippen MR) is 66.5 cm³/mol. The fraction of sp³-hybridized carbons (Fsp3) is 0.500. The van der Waals surface area contributed by atoms with Crippen molar-refractivity contribution in [1.82, 2.24) is 0 Å². The number of halogens is 4. The highest BCUT2D eigenvalue weighted by Gasteiger charge is 2.41. The SMILES string of the molecule is CCCc1cccc(C(=O)COCC(F)(F)C(F)F)c1. The van der Waals surface area contributed by atoms with Crippen molar-refractivity contribution in [3.8, 4) is 0 Å². The Bertz CT molecular complexity index is 447. The highest BCUT2D eigenvalue weighted by atomic mass is 19.3. The summed E-state index contributed by atoms with van der Waals surface area (Å²) in [5, 5.41) is 0. The number of aryl methyl sites for hydroxylation is 1. The summed E-state index contributed by atoms with van der Waals surface area (Å²) in [5.41, 5.74) is 1.28. The fourth-order valence-corrected chi connectivity index (χ4v) is 1.62. The number of carbonyl (C=O) groups is 1. The fourth-order valence-electron chi connectivity index (χ4n) is 1.62. The summed E-state index contributed by atoms with van der Waals surface area (Å²) in [4.78, 5) is 11.7. The third-order valence-electron chi connectivity index (χ3n) is 2.63. The normalized spacial score (nSPS) is 11.9. The number of carbonyl (C=O) groups excluding carboxylic acids is 1. The van der Waals surface area contributed by atoms with Crippen molar-refractivity contribution in [3.63, 3.8) is 0 Å². The first-order valence-electron chi connectivity index (χ1n) is 6.22. The summed E-state index contributed by atoms with van der Waals surface area (Å²) in [6, 6.07) is 6.73. The van der Waals surface area contributed by atoms with E-state index in [1.54, 1.807) is 12.1 Å². The second-order valence-electron chi connectivity index (χ2n) is 4.43. The van der Waals surface area contributed by atoms with E-state index < -0.39 is 31.3 Å². The summed E-state index contributed by atoms with van der Waals surface area (Å²) < 4.78 is 53.3. The van der Waals surface area contributed by atoms with Gasteiger partial charge in [0.1, 0.15) is 13.2 Å². The minimum atomic E-state index is -4.23. The van der Waals surface area contributed by atoms with E-state index in [1.165, 1.54) is 6.07 Å². The van der Waals surface area contributed by atoms with Gasteiger partial charge in [-0.25, -0.2) is 8.78 Å². The number of alkyl halides is 4. The molecular formula is C14H16F4O2. The Hall–Kier alpha value is -1.43. The van der Waals surface area contributed by atoms with Crippen LogP contribution in [-0.4, -0.2) is 31.3 Å². The van der Waals surface area contributed by atoms with Crippen molar-refractivity contribution in [2.24, 2.45) is 0 Å². The van der Waals surface area contributed by atoms with E-state index in [0.717, 1.165) is 18.4 Å². The second kappa shape index (κ2) is 7.38. The van der Waals surface area contributed by atoms with Gasteiger partial charge < -0.3 is 4.74 Å². The molecule has 0 heterocycles. The van der Waals surface area contributed by atoms with Gasteiger partial charge in [-0.3, -0.25) is 4.79 Å². The van der Waals surface area contributed by atoms with Crippen LogP contribution in [0.25, 0.3) is 0 Å². The summed E-state index contributed by atoms with van der Waals surface area (Å²) in [6.07, 6.45) is -2.09. The molecule has 0 aliphatic carbocycles. The van der Waals surface area contributed by atoms with Gasteiger partial charge in [-0.2, -0.15) is 8.78 Å². The van der Waals surface area contributed by atoms with E-state index in [-0.39, 0.29) is 0 Å². The summed E-state index contributed by atoms with van der Waals surface area (Å²) in [5.74, 6) is -4.74. The number of hydrogen-bond donors (Lipinski definition) is 0. The Morgan fingerprint density at radius 3 is 2.65 bits per heavy atom. The molecule has 0 saturated carbocycles. The largest absolute Gasteiger partial charge is 0.367 e. The second-order valence-corrected chi connectivity index (χ2v) is 4.43. The predicted octanol–water partition coefficient (Wildman–Crippen LogP) is 3.74. The molecule has 0 spiro atoms. The van der Waals surface area contributed by atoms with E-state index in [4.69, 9.17) is 0 Å². The maximum Gasteiger partial charge on any atom is 0.330 e.